The van der Waals surface area contributed by atoms with Crippen LogP contribution in [0.2, 0.25) is 0 Å². The van der Waals surface area contributed by atoms with Crippen LogP contribution in [0.3, 0.4) is 0 Å². The van der Waals surface area contributed by atoms with E-state index < -0.39 is 0 Å². The lowest BCUT2D eigenvalue weighted by Gasteiger charge is -2.32. The van der Waals surface area contributed by atoms with E-state index in [1.54, 1.807) is 4.68 Å². The molecule has 36 heavy (non-hydrogen) atoms. The number of aryl methyl sites for hydroxylation is 1. The summed E-state index contributed by atoms with van der Waals surface area (Å²) >= 11 is 3.50. The van der Waals surface area contributed by atoms with Gasteiger partial charge in [-0.2, -0.15) is 0 Å². The molecule has 1 aliphatic rings. The molecule has 3 heterocycles. The average molecular weight is 545 g/mol. The van der Waals surface area contributed by atoms with E-state index in [2.05, 4.69) is 38.4 Å². The molecule has 0 saturated carbocycles. The molecule has 182 valence electrons. The van der Waals surface area contributed by atoms with E-state index in [1.807, 2.05) is 66.6 Å². The summed E-state index contributed by atoms with van der Waals surface area (Å²) in [4.78, 5) is 15.1. The molecule has 1 fully saturated rings. The highest BCUT2D eigenvalue weighted by Crippen LogP contribution is 2.29. The van der Waals surface area contributed by atoms with Gasteiger partial charge >= 0.3 is 0 Å². The van der Waals surface area contributed by atoms with E-state index in [9.17, 15) is 4.79 Å². The largest absolute Gasteiger partial charge is 0.456 e. The van der Waals surface area contributed by atoms with Crippen molar-refractivity contribution in [3.8, 4) is 5.69 Å². The van der Waals surface area contributed by atoms with Gasteiger partial charge in [-0.25, -0.2) is 4.68 Å². The first kappa shape index (κ1) is 22.9. The van der Waals surface area contributed by atoms with Crippen LogP contribution in [-0.2, 0) is 22.4 Å². The molecule has 8 heteroatoms. The lowest BCUT2D eigenvalue weighted by Crippen LogP contribution is -2.47. The third kappa shape index (κ3) is 4.54. The fourth-order valence-corrected chi connectivity index (χ4v) is 5.33. The van der Waals surface area contributed by atoms with Gasteiger partial charge in [-0.15, -0.1) is 5.10 Å². The van der Waals surface area contributed by atoms with Gasteiger partial charge in [0.2, 0.25) is 5.91 Å². The molecule has 1 saturated heterocycles. The number of furan rings is 1. The Hall–Kier alpha value is -3.49. The summed E-state index contributed by atoms with van der Waals surface area (Å²) in [5.41, 5.74) is 5.61. The summed E-state index contributed by atoms with van der Waals surface area (Å²) in [6, 6.07) is 20.0. The third-order valence-corrected chi connectivity index (χ3v) is 7.16. The summed E-state index contributed by atoms with van der Waals surface area (Å²) in [7, 11) is 0. The summed E-state index contributed by atoms with van der Waals surface area (Å²) in [5, 5.41) is 10.8. The Morgan fingerprint density at radius 3 is 2.83 bits per heavy atom. The smallest absolute Gasteiger partial charge is 0.227 e. The maximum atomic E-state index is 13.2. The number of fused-ring (bicyclic) bond motifs is 3. The Balaban J connectivity index is 1.12. The molecule has 7 nitrogen and oxygen atoms in total. The Labute approximate surface area is 216 Å². The minimum Gasteiger partial charge on any atom is -0.456 e. The summed E-state index contributed by atoms with van der Waals surface area (Å²) in [6.45, 7) is 3.70. The van der Waals surface area contributed by atoms with Gasteiger partial charge in [0.05, 0.1) is 36.7 Å². The van der Waals surface area contributed by atoms with Crippen LogP contribution in [0.5, 0.6) is 0 Å². The number of nitrogens with zero attached hydrogens (tertiary/aromatic N) is 4. The van der Waals surface area contributed by atoms with Gasteiger partial charge in [0.1, 0.15) is 11.2 Å². The van der Waals surface area contributed by atoms with Crippen LogP contribution in [0.15, 0.2) is 75.8 Å². The SMILES string of the molecule is Cc1cc(Br)ccc1-n1cc(CC2CN(C(=O)Cc3ccc4oc5ccccc5c4c3)CCO2)nn1. The summed E-state index contributed by atoms with van der Waals surface area (Å²) in [6.07, 6.45) is 2.78. The first-order chi connectivity index (χ1) is 17.5. The van der Waals surface area contributed by atoms with Gasteiger partial charge < -0.3 is 14.1 Å². The fraction of sp³-hybridized carbons (Fsp3) is 0.250. The number of ether oxygens (including phenoxy) is 1. The van der Waals surface area contributed by atoms with Crippen molar-refractivity contribution < 1.29 is 13.9 Å². The zero-order chi connectivity index (χ0) is 24.6. The molecule has 1 unspecified atom stereocenters. The Kier molecular flexibility index (Phi) is 6.07. The number of hydrogen-bond donors (Lipinski definition) is 0. The minimum absolute atomic E-state index is 0.101. The predicted octanol–water partition coefficient (Wildman–Crippen LogP) is 5.25. The maximum Gasteiger partial charge on any atom is 0.227 e. The van der Waals surface area contributed by atoms with Crippen LogP contribution >= 0.6 is 15.9 Å². The molecular formula is C28H25BrN4O3. The van der Waals surface area contributed by atoms with Crippen molar-refractivity contribution in [3.63, 3.8) is 0 Å². The summed E-state index contributed by atoms with van der Waals surface area (Å²) < 4.78 is 14.7. The van der Waals surface area contributed by atoms with Crippen molar-refractivity contribution >= 4 is 43.8 Å². The number of hydrogen-bond acceptors (Lipinski definition) is 5. The van der Waals surface area contributed by atoms with Crippen LogP contribution in [0.4, 0.5) is 0 Å². The van der Waals surface area contributed by atoms with Crippen molar-refractivity contribution in [2.75, 3.05) is 19.7 Å². The molecule has 0 N–H and O–H groups in total. The van der Waals surface area contributed by atoms with Crippen LogP contribution in [0.1, 0.15) is 16.8 Å². The van der Waals surface area contributed by atoms with Gasteiger partial charge in [-0.05, 0) is 54.4 Å². The molecule has 3 aromatic carbocycles. The molecule has 6 rings (SSSR count). The number of amides is 1. The fourth-order valence-electron chi connectivity index (χ4n) is 4.86. The third-order valence-electron chi connectivity index (χ3n) is 6.67. The molecule has 1 aliphatic heterocycles. The molecule has 0 spiro atoms. The number of rotatable bonds is 5. The maximum absolute atomic E-state index is 13.2. The minimum atomic E-state index is -0.112. The van der Waals surface area contributed by atoms with E-state index in [0.29, 0.717) is 32.5 Å². The van der Waals surface area contributed by atoms with Crippen LogP contribution in [-0.4, -0.2) is 51.6 Å². The molecular weight excluding hydrogens is 520 g/mol. The normalized spacial score (nSPS) is 16.2. The highest BCUT2D eigenvalue weighted by Gasteiger charge is 2.25. The van der Waals surface area contributed by atoms with E-state index in [1.165, 1.54) is 0 Å². The van der Waals surface area contributed by atoms with Crippen molar-refractivity contribution in [1.82, 2.24) is 19.9 Å². The number of benzene rings is 3. The zero-order valence-electron chi connectivity index (χ0n) is 19.9. The van der Waals surface area contributed by atoms with Crippen molar-refractivity contribution in [3.05, 3.63) is 88.2 Å². The van der Waals surface area contributed by atoms with E-state index >= 15 is 0 Å². The number of aromatic nitrogens is 3. The molecule has 1 atom stereocenters. The molecule has 5 aromatic rings. The second kappa shape index (κ2) is 9.52. The van der Waals surface area contributed by atoms with Crippen molar-refractivity contribution in [2.24, 2.45) is 0 Å². The Bertz CT molecular complexity index is 1570. The van der Waals surface area contributed by atoms with Crippen molar-refractivity contribution in [2.45, 2.75) is 25.9 Å². The Morgan fingerprint density at radius 2 is 1.94 bits per heavy atom. The van der Waals surface area contributed by atoms with Gasteiger partial charge in [0, 0.05) is 34.8 Å². The van der Waals surface area contributed by atoms with Gasteiger partial charge in [0.25, 0.3) is 0 Å². The predicted molar refractivity (Wildman–Crippen MR) is 141 cm³/mol. The Morgan fingerprint density at radius 1 is 1.08 bits per heavy atom. The molecule has 0 aliphatic carbocycles. The van der Waals surface area contributed by atoms with E-state index in [-0.39, 0.29) is 12.0 Å². The number of morpholine rings is 1. The lowest BCUT2D eigenvalue weighted by molar-refractivity contribution is -0.138. The van der Waals surface area contributed by atoms with Crippen LogP contribution in [0, 0.1) is 6.92 Å². The van der Waals surface area contributed by atoms with E-state index in [4.69, 9.17) is 9.15 Å². The van der Waals surface area contributed by atoms with E-state index in [0.717, 1.165) is 48.9 Å². The van der Waals surface area contributed by atoms with Gasteiger partial charge in [0.15, 0.2) is 0 Å². The standard InChI is InChI=1S/C28H25BrN4O3/c1-18-12-20(29)7-8-25(18)33-16-21(30-31-33)15-22-17-32(10-11-35-22)28(34)14-19-6-9-27-24(13-19)23-4-2-3-5-26(23)36-27/h2-9,12-13,16,22H,10-11,14-15,17H2,1H3. The number of para-hydroxylation sites is 1. The molecule has 2 aromatic heterocycles. The van der Waals surface area contributed by atoms with Crippen LogP contribution < -0.4 is 0 Å². The monoisotopic (exact) mass is 544 g/mol. The van der Waals surface area contributed by atoms with Gasteiger partial charge in [-0.1, -0.05) is 45.4 Å². The zero-order valence-corrected chi connectivity index (χ0v) is 21.4. The first-order valence-electron chi connectivity index (χ1n) is 12.0. The lowest BCUT2D eigenvalue weighted by atomic mass is 10.1. The number of halogens is 1. The average Bonchev–Trinajstić information content (AvgIpc) is 3.48. The highest BCUT2D eigenvalue weighted by atomic mass is 79.9. The summed E-state index contributed by atoms with van der Waals surface area (Å²) in [5.74, 6) is 0.101. The quantitative estimate of drug-likeness (QED) is 0.302. The second-order valence-electron chi connectivity index (χ2n) is 9.23. The second-order valence-corrected chi connectivity index (χ2v) is 10.1. The molecule has 0 radical (unpaired) electrons. The van der Waals surface area contributed by atoms with Crippen molar-refractivity contribution in [1.29, 1.82) is 0 Å². The molecule has 0 bridgehead atoms. The molecule has 1 amide bonds. The number of carbonyl (C=O) groups is 1. The topological polar surface area (TPSA) is 73.4 Å². The van der Waals surface area contributed by atoms with Crippen LogP contribution in [0.25, 0.3) is 27.6 Å². The van der Waals surface area contributed by atoms with Gasteiger partial charge in [-0.3, -0.25) is 4.79 Å². The highest BCUT2D eigenvalue weighted by molar-refractivity contribution is 9.10. The first-order valence-corrected chi connectivity index (χ1v) is 12.8. The number of carbonyl (C=O) groups excluding carboxylic acids is 1.